The Balaban J connectivity index is 0.00000484. The summed E-state index contributed by atoms with van der Waals surface area (Å²) in [6.45, 7) is 7.72. The van der Waals surface area contributed by atoms with Gasteiger partial charge >= 0.3 is 0 Å². The van der Waals surface area contributed by atoms with Crippen molar-refractivity contribution in [1.82, 2.24) is 10.6 Å². The molecule has 0 spiro atoms. The van der Waals surface area contributed by atoms with Crippen LogP contribution in [0.3, 0.4) is 0 Å². The fourth-order valence-electron chi connectivity index (χ4n) is 2.74. The maximum absolute atomic E-state index is 12.0. The number of hydrogen-bond donors (Lipinski definition) is 2. The van der Waals surface area contributed by atoms with Gasteiger partial charge in [-0.2, -0.15) is 0 Å². The average molecular weight is 459 g/mol. The largest absolute Gasteiger partial charge is 0.379 e. The predicted octanol–water partition coefficient (Wildman–Crippen LogP) is 2.66. The summed E-state index contributed by atoms with van der Waals surface area (Å²) in [4.78, 5) is 4.28. The average Bonchev–Trinajstić information content (AvgIpc) is 2.52. The van der Waals surface area contributed by atoms with Gasteiger partial charge in [-0.05, 0) is 39.5 Å². The summed E-state index contributed by atoms with van der Waals surface area (Å²) in [6.07, 6.45) is 5.61. The summed E-state index contributed by atoms with van der Waals surface area (Å²) in [6, 6.07) is 0.382. The van der Waals surface area contributed by atoms with Crippen LogP contribution in [0.5, 0.6) is 0 Å². The van der Waals surface area contributed by atoms with E-state index in [1.807, 2.05) is 20.8 Å². The van der Waals surface area contributed by atoms with Gasteiger partial charge in [-0.25, -0.2) is 0 Å². The van der Waals surface area contributed by atoms with E-state index in [0.717, 1.165) is 57.0 Å². The molecule has 0 saturated heterocycles. The summed E-state index contributed by atoms with van der Waals surface area (Å²) in [5, 5.41) is 7.15. The summed E-state index contributed by atoms with van der Waals surface area (Å²) >= 11 is 0. The molecule has 0 aromatic heterocycles. The Morgan fingerprint density at radius 3 is 2.74 bits per heavy atom. The Morgan fingerprint density at radius 1 is 1.39 bits per heavy atom. The van der Waals surface area contributed by atoms with E-state index in [-0.39, 0.29) is 30.1 Å². The zero-order valence-corrected chi connectivity index (χ0v) is 18.1. The highest BCUT2D eigenvalue weighted by Gasteiger charge is 2.25. The molecule has 1 fully saturated rings. The molecule has 0 radical (unpaired) electrons. The van der Waals surface area contributed by atoms with Crippen molar-refractivity contribution in [3.8, 4) is 0 Å². The summed E-state index contributed by atoms with van der Waals surface area (Å²) in [5.41, 5.74) is 0. The number of nitrogens with zero attached hydrogens (tertiary/aromatic N) is 1. The van der Waals surface area contributed by atoms with Crippen molar-refractivity contribution in [2.75, 3.05) is 26.0 Å². The van der Waals surface area contributed by atoms with Gasteiger partial charge in [0.15, 0.2) is 5.96 Å². The molecule has 0 aliphatic heterocycles. The molecule has 1 aliphatic rings. The second-order valence-electron chi connectivity index (χ2n) is 6.07. The first-order valence-corrected chi connectivity index (χ1v) is 9.91. The molecule has 23 heavy (non-hydrogen) atoms. The SMILES string of the molecule is CCS(=O)C1CCCC(NC(=NC)NCCCOC(C)C)C1.I. The van der Waals surface area contributed by atoms with Crippen molar-refractivity contribution in [2.24, 2.45) is 4.99 Å². The van der Waals surface area contributed by atoms with E-state index < -0.39 is 10.8 Å². The third kappa shape index (κ3) is 9.86. The van der Waals surface area contributed by atoms with Crippen LogP contribution in [0, 0.1) is 0 Å². The van der Waals surface area contributed by atoms with Gasteiger partial charge in [0.2, 0.25) is 0 Å². The fraction of sp³-hybridized carbons (Fsp3) is 0.938. The number of hydrogen-bond acceptors (Lipinski definition) is 3. The third-order valence-corrected chi connectivity index (χ3v) is 5.65. The van der Waals surface area contributed by atoms with Gasteiger partial charge in [0.25, 0.3) is 0 Å². The topological polar surface area (TPSA) is 62.7 Å². The molecule has 1 saturated carbocycles. The summed E-state index contributed by atoms with van der Waals surface area (Å²) in [7, 11) is 1.12. The summed E-state index contributed by atoms with van der Waals surface area (Å²) < 4.78 is 17.5. The van der Waals surface area contributed by atoms with Crippen LogP contribution >= 0.6 is 24.0 Å². The minimum atomic E-state index is -0.680. The lowest BCUT2D eigenvalue weighted by Gasteiger charge is -2.30. The standard InChI is InChI=1S/C16H33N3O2S.HI/c1-5-22(20)15-9-6-8-14(12-15)19-16(17-4)18-10-7-11-21-13(2)3;/h13-15H,5-12H2,1-4H3,(H2,17,18,19);1H. The van der Waals surface area contributed by atoms with Gasteiger partial charge in [0.1, 0.15) is 0 Å². The predicted molar refractivity (Wildman–Crippen MR) is 110 cm³/mol. The Labute approximate surface area is 161 Å². The van der Waals surface area contributed by atoms with Gasteiger partial charge in [-0.15, -0.1) is 24.0 Å². The minimum Gasteiger partial charge on any atom is -0.379 e. The molecule has 0 aromatic rings. The molecule has 0 aromatic carbocycles. The first-order valence-electron chi connectivity index (χ1n) is 8.52. The van der Waals surface area contributed by atoms with Crippen molar-refractivity contribution in [2.45, 2.75) is 70.3 Å². The normalized spacial score (nSPS) is 23.3. The van der Waals surface area contributed by atoms with Crippen LogP contribution in [-0.4, -0.2) is 53.5 Å². The molecule has 2 N–H and O–H groups in total. The van der Waals surface area contributed by atoms with Crippen LogP contribution in [0.15, 0.2) is 4.99 Å². The van der Waals surface area contributed by atoms with Crippen LogP contribution in [0.2, 0.25) is 0 Å². The molecule has 138 valence electrons. The molecular weight excluding hydrogens is 425 g/mol. The Bertz CT molecular complexity index is 367. The number of ether oxygens (including phenoxy) is 1. The molecule has 1 aliphatic carbocycles. The van der Waals surface area contributed by atoms with Crippen LogP contribution in [0.1, 0.15) is 52.9 Å². The van der Waals surface area contributed by atoms with E-state index >= 15 is 0 Å². The highest BCUT2D eigenvalue weighted by molar-refractivity contribution is 14.0. The number of aliphatic imine (C=N–C) groups is 1. The van der Waals surface area contributed by atoms with Crippen molar-refractivity contribution in [3.63, 3.8) is 0 Å². The van der Waals surface area contributed by atoms with E-state index in [2.05, 4.69) is 15.6 Å². The van der Waals surface area contributed by atoms with Crippen LogP contribution in [-0.2, 0) is 15.5 Å². The van der Waals surface area contributed by atoms with Crippen molar-refractivity contribution in [3.05, 3.63) is 0 Å². The molecule has 5 nitrogen and oxygen atoms in total. The van der Waals surface area contributed by atoms with Crippen molar-refractivity contribution < 1.29 is 8.95 Å². The van der Waals surface area contributed by atoms with Gasteiger partial charge in [-0.3, -0.25) is 9.20 Å². The van der Waals surface area contributed by atoms with Crippen molar-refractivity contribution >= 4 is 40.7 Å². The molecule has 1 rings (SSSR count). The first-order chi connectivity index (χ1) is 10.6. The van der Waals surface area contributed by atoms with Crippen molar-refractivity contribution in [1.29, 1.82) is 0 Å². The highest BCUT2D eigenvalue weighted by atomic mass is 127. The molecule has 0 heterocycles. The second kappa shape index (κ2) is 13.4. The lowest BCUT2D eigenvalue weighted by atomic mass is 9.95. The zero-order valence-electron chi connectivity index (χ0n) is 15.0. The highest BCUT2D eigenvalue weighted by Crippen LogP contribution is 2.22. The fourth-order valence-corrected chi connectivity index (χ4v) is 4.08. The van der Waals surface area contributed by atoms with Gasteiger partial charge in [0, 0.05) is 48.0 Å². The van der Waals surface area contributed by atoms with E-state index in [4.69, 9.17) is 4.74 Å². The Morgan fingerprint density at radius 2 is 2.13 bits per heavy atom. The number of guanidine groups is 1. The second-order valence-corrected chi connectivity index (χ2v) is 8.08. The Kier molecular flexibility index (Phi) is 13.5. The van der Waals surface area contributed by atoms with Gasteiger partial charge in [-0.1, -0.05) is 13.3 Å². The molecule has 3 unspecified atom stereocenters. The quantitative estimate of drug-likeness (QED) is 0.254. The zero-order chi connectivity index (χ0) is 16.4. The smallest absolute Gasteiger partial charge is 0.191 e. The molecule has 0 amide bonds. The maximum atomic E-state index is 12.0. The maximum Gasteiger partial charge on any atom is 0.191 e. The third-order valence-electron chi connectivity index (χ3n) is 3.91. The lowest BCUT2D eigenvalue weighted by Crippen LogP contribution is -2.46. The van der Waals surface area contributed by atoms with Crippen LogP contribution in [0.25, 0.3) is 0 Å². The van der Waals surface area contributed by atoms with E-state index in [1.54, 1.807) is 7.05 Å². The molecule has 0 bridgehead atoms. The van der Waals surface area contributed by atoms with E-state index in [0.29, 0.717) is 11.3 Å². The van der Waals surface area contributed by atoms with E-state index in [1.165, 1.54) is 0 Å². The van der Waals surface area contributed by atoms with Crippen LogP contribution in [0.4, 0.5) is 0 Å². The number of halogens is 1. The van der Waals surface area contributed by atoms with Gasteiger partial charge in [0.05, 0.1) is 6.10 Å². The molecular formula is C16H34IN3O2S. The lowest BCUT2D eigenvalue weighted by molar-refractivity contribution is 0.0776. The van der Waals surface area contributed by atoms with E-state index in [9.17, 15) is 4.21 Å². The monoisotopic (exact) mass is 459 g/mol. The Hall–Kier alpha value is 0.110. The number of nitrogens with one attached hydrogen (secondary N) is 2. The summed E-state index contributed by atoms with van der Waals surface area (Å²) in [5.74, 6) is 1.61. The first kappa shape index (κ1) is 23.1. The molecule has 3 atom stereocenters. The molecule has 7 heteroatoms. The minimum absolute atomic E-state index is 0. The number of rotatable bonds is 8. The van der Waals surface area contributed by atoms with Crippen LogP contribution < -0.4 is 10.6 Å². The van der Waals surface area contributed by atoms with Gasteiger partial charge < -0.3 is 15.4 Å².